The topological polar surface area (TPSA) is 44.8 Å². The molecule has 0 aromatic heterocycles. The van der Waals surface area contributed by atoms with Crippen LogP contribution in [-0.4, -0.2) is 61.7 Å². The number of ether oxygens (including phenoxy) is 1. The minimum absolute atomic E-state index is 0.00774. The van der Waals surface area contributed by atoms with E-state index in [9.17, 15) is 4.79 Å². The third kappa shape index (κ3) is 4.78. The minimum atomic E-state index is -0.00774. The average molecular weight is 326 g/mol. The van der Waals surface area contributed by atoms with Crippen molar-refractivity contribution in [3.8, 4) is 5.75 Å². The zero-order chi connectivity index (χ0) is 15.9. The van der Waals surface area contributed by atoms with Crippen molar-refractivity contribution in [1.82, 2.24) is 15.1 Å². The van der Waals surface area contributed by atoms with Crippen molar-refractivity contribution in [2.45, 2.75) is 13.8 Å². The Balaban J connectivity index is 1.66. The summed E-state index contributed by atoms with van der Waals surface area (Å²) in [7, 11) is 0. The number of rotatable bonds is 5. The molecule has 22 heavy (non-hydrogen) atoms. The number of amides is 2. The first-order valence-corrected chi connectivity index (χ1v) is 8.12. The summed E-state index contributed by atoms with van der Waals surface area (Å²) < 4.78 is 5.61. The van der Waals surface area contributed by atoms with Crippen LogP contribution in [0.3, 0.4) is 0 Å². The number of carbonyl (C=O) groups excluding carboxylic acids is 1. The van der Waals surface area contributed by atoms with Crippen LogP contribution in [-0.2, 0) is 0 Å². The van der Waals surface area contributed by atoms with Crippen molar-refractivity contribution in [3.63, 3.8) is 0 Å². The van der Waals surface area contributed by atoms with Gasteiger partial charge in [-0.1, -0.05) is 18.5 Å². The van der Waals surface area contributed by atoms with Gasteiger partial charge in [-0.15, -0.1) is 0 Å². The van der Waals surface area contributed by atoms with E-state index >= 15 is 0 Å². The number of hydrogen-bond acceptors (Lipinski definition) is 3. The lowest BCUT2D eigenvalue weighted by Gasteiger charge is -2.33. The zero-order valence-corrected chi connectivity index (χ0v) is 14.0. The molecule has 0 radical (unpaired) electrons. The minimum Gasteiger partial charge on any atom is -0.492 e. The van der Waals surface area contributed by atoms with Crippen molar-refractivity contribution in [3.05, 3.63) is 28.8 Å². The summed E-state index contributed by atoms with van der Waals surface area (Å²) in [6.45, 7) is 9.54. The summed E-state index contributed by atoms with van der Waals surface area (Å²) in [5.41, 5.74) is 0.983. The second kappa shape index (κ2) is 8.25. The molecule has 0 aliphatic carbocycles. The molecule has 0 unspecified atom stereocenters. The van der Waals surface area contributed by atoms with Gasteiger partial charge in [-0.3, -0.25) is 0 Å². The van der Waals surface area contributed by atoms with Gasteiger partial charge in [0, 0.05) is 31.2 Å². The molecule has 1 aliphatic rings. The standard InChI is InChI=1S/C16H24ClN3O2/c1-3-19-7-9-20(10-8-19)16(21)18-6-11-22-14-4-5-15(17)13(2)12-14/h4-5,12H,3,6-11H2,1-2H3,(H,18,21). The molecule has 2 amide bonds. The molecule has 6 heteroatoms. The Labute approximate surface area is 137 Å². The lowest BCUT2D eigenvalue weighted by atomic mass is 10.2. The first kappa shape index (κ1) is 16.9. The molecule has 1 aromatic carbocycles. The van der Waals surface area contributed by atoms with Gasteiger partial charge in [0.25, 0.3) is 0 Å². The zero-order valence-electron chi connectivity index (χ0n) is 13.3. The second-order valence-electron chi connectivity index (χ2n) is 5.41. The lowest BCUT2D eigenvalue weighted by Crippen LogP contribution is -2.52. The number of aryl methyl sites for hydroxylation is 1. The Morgan fingerprint density at radius 1 is 1.32 bits per heavy atom. The molecule has 1 N–H and O–H groups in total. The summed E-state index contributed by atoms with van der Waals surface area (Å²) >= 11 is 5.97. The van der Waals surface area contributed by atoms with Crippen LogP contribution in [0.1, 0.15) is 12.5 Å². The average Bonchev–Trinajstić information content (AvgIpc) is 2.54. The predicted molar refractivity (Wildman–Crippen MR) is 88.8 cm³/mol. The Hall–Kier alpha value is -1.46. The van der Waals surface area contributed by atoms with Crippen LogP contribution in [0.2, 0.25) is 5.02 Å². The number of halogens is 1. The molecule has 0 atom stereocenters. The fourth-order valence-electron chi connectivity index (χ4n) is 2.41. The maximum absolute atomic E-state index is 12.0. The number of benzene rings is 1. The van der Waals surface area contributed by atoms with Crippen LogP contribution >= 0.6 is 11.6 Å². The van der Waals surface area contributed by atoms with E-state index < -0.39 is 0 Å². The fourth-order valence-corrected chi connectivity index (χ4v) is 2.53. The SMILES string of the molecule is CCN1CCN(C(=O)NCCOc2ccc(Cl)c(C)c2)CC1. The van der Waals surface area contributed by atoms with Crippen LogP contribution in [0.15, 0.2) is 18.2 Å². The van der Waals surface area contributed by atoms with Gasteiger partial charge >= 0.3 is 6.03 Å². The van der Waals surface area contributed by atoms with Gasteiger partial charge in [-0.05, 0) is 37.2 Å². The first-order chi connectivity index (χ1) is 10.6. The quantitative estimate of drug-likeness (QED) is 0.845. The van der Waals surface area contributed by atoms with Gasteiger partial charge in [0.15, 0.2) is 0 Å². The van der Waals surface area contributed by atoms with Crippen molar-refractivity contribution in [2.24, 2.45) is 0 Å². The molecule has 1 heterocycles. The Morgan fingerprint density at radius 3 is 2.68 bits per heavy atom. The van der Waals surface area contributed by atoms with Crippen LogP contribution in [0, 0.1) is 6.92 Å². The van der Waals surface area contributed by atoms with Crippen molar-refractivity contribution >= 4 is 17.6 Å². The largest absolute Gasteiger partial charge is 0.492 e. The van der Waals surface area contributed by atoms with Crippen LogP contribution in [0.5, 0.6) is 5.75 Å². The van der Waals surface area contributed by atoms with Gasteiger partial charge < -0.3 is 19.9 Å². The predicted octanol–water partition coefficient (Wildman–Crippen LogP) is 2.37. The Kier molecular flexibility index (Phi) is 6.34. The highest BCUT2D eigenvalue weighted by molar-refractivity contribution is 6.31. The van der Waals surface area contributed by atoms with Gasteiger partial charge in [-0.2, -0.15) is 0 Å². The molecule has 1 aromatic rings. The van der Waals surface area contributed by atoms with Crippen molar-refractivity contribution in [2.75, 3.05) is 45.9 Å². The summed E-state index contributed by atoms with van der Waals surface area (Å²) in [6, 6.07) is 5.54. The van der Waals surface area contributed by atoms with Crippen LogP contribution in [0.25, 0.3) is 0 Å². The molecular formula is C16H24ClN3O2. The van der Waals surface area contributed by atoms with Gasteiger partial charge in [-0.25, -0.2) is 4.79 Å². The molecule has 0 spiro atoms. The van der Waals surface area contributed by atoms with Crippen LogP contribution < -0.4 is 10.1 Å². The molecule has 122 valence electrons. The number of piperazine rings is 1. The van der Waals surface area contributed by atoms with E-state index in [1.165, 1.54) is 0 Å². The summed E-state index contributed by atoms with van der Waals surface area (Å²) in [5.74, 6) is 0.771. The van der Waals surface area contributed by atoms with E-state index in [2.05, 4.69) is 17.1 Å². The summed E-state index contributed by atoms with van der Waals surface area (Å²) in [6.07, 6.45) is 0. The number of likely N-dealkylation sites (N-methyl/N-ethyl adjacent to an activating group) is 1. The highest BCUT2D eigenvalue weighted by atomic mass is 35.5. The van der Waals surface area contributed by atoms with Gasteiger partial charge in [0.1, 0.15) is 12.4 Å². The Bertz CT molecular complexity index is 502. The third-order valence-corrected chi connectivity index (χ3v) is 4.31. The highest BCUT2D eigenvalue weighted by Gasteiger charge is 2.19. The van der Waals surface area contributed by atoms with E-state index in [0.29, 0.717) is 13.2 Å². The summed E-state index contributed by atoms with van der Waals surface area (Å²) in [4.78, 5) is 16.2. The van der Waals surface area contributed by atoms with Crippen LogP contribution in [0.4, 0.5) is 4.79 Å². The number of hydrogen-bond donors (Lipinski definition) is 1. The molecule has 0 saturated carbocycles. The van der Waals surface area contributed by atoms with E-state index in [-0.39, 0.29) is 6.03 Å². The molecule has 5 nitrogen and oxygen atoms in total. The maximum atomic E-state index is 12.0. The smallest absolute Gasteiger partial charge is 0.317 e. The van der Waals surface area contributed by atoms with E-state index in [4.69, 9.17) is 16.3 Å². The molecule has 2 rings (SSSR count). The molecule has 1 aliphatic heterocycles. The summed E-state index contributed by atoms with van der Waals surface area (Å²) in [5, 5.41) is 3.63. The molecule has 1 fully saturated rings. The molecule has 0 bridgehead atoms. The second-order valence-corrected chi connectivity index (χ2v) is 5.82. The van der Waals surface area contributed by atoms with E-state index in [0.717, 1.165) is 49.1 Å². The lowest BCUT2D eigenvalue weighted by molar-refractivity contribution is 0.142. The van der Waals surface area contributed by atoms with E-state index in [1.54, 1.807) is 0 Å². The number of nitrogens with one attached hydrogen (secondary N) is 1. The Morgan fingerprint density at radius 2 is 2.05 bits per heavy atom. The van der Waals surface area contributed by atoms with E-state index in [1.807, 2.05) is 30.0 Å². The third-order valence-electron chi connectivity index (χ3n) is 3.88. The van der Waals surface area contributed by atoms with Gasteiger partial charge in [0.05, 0.1) is 6.54 Å². The highest BCUT2D eigenvalue weighted by Crippen LogP contribution is 2.20. The normalized spacial score (nSPS) is 15.7. The monoisotopic (exact) mass is 325 g/mol. The maximum Gasteiger partial charge on any atom is 0.317 e. The van der Waals surface area contributed by atoms with Gasteiger partial charge in [0.2, 0.25) is 0 Å². The number of urea groups is 1. The first-order valence-electron chi connectivity index (χ1n) is 7.74. The van der Waals surface area contributed by atoms with Crippen molar-refractivity contribution < 1.29 is 9.53 Å². The molecule has 1 saturated heterocycles. The number of carbonyl (C=O) groups is 1. The fraction of sp³-hybridized carbons (Fsp3) is 0.562. The van der Waals surface area contributed by atoms with Crippen molar-refractivity contribution in [1.29, 1.82) is 0 Å². The number of nitrogens with zero attached hydrogens (tertiary/aromatic N) is 2. The molecular weight excluding hydrogens is 302 g/mol.